The molecule has 0 aromatic rings. The van der Waals surface area contributed by atoms with Crippen molar-refractivity contribution in [2.24, 2.45) is 23.7 Å². The largest absolute Gasteiger partial charge is 0.393 e. The Morgan fingerprint density at radius 1 is 0.818 bits per heavy atom. The van der Waals surface area contributed by atoms with Crippen LogP contribution in [0, 0.1) is 23.7 Å². The molecule has 62 valence electrons. The summed E-state index contributed by atoms with van der Waals surface area (Å²) in [6.07, 6.45) is 6.85. The van der Waals surface area contributed by atoms with Crippen LogP contribution in [-0.4, -0.2) is 11.2 Å². The van der Waals surface area contributed by atoms with Gasteiger partial charge >= 0.3 is 0 Å². The summed E-state index contributed by atoms with van der Waals surface area (Å²) < 4.78 is 0. The zero-order valence-corrected chi connectivity index (χ0v) is 6.87. The van der Waals surface area contributed by atoms with Crippen LogP contribution in [0.15, 0.2) is 0 Å². The van der Waals surface area contributed by atoms with E-state index < -0.39 is 0 Å². The van der Waals surface area contributed by atoms with Crippen LogP contribution in [0.2, 0.25) is 0 Å². The molecule has 4 aliphatic rings. The van der Waals surface area contributed by atoms with E-state index in [1.54, 1.807) is 0 Å². The predicted octanol–water partition coefficient (Wildman–Crippen LogP) is 1.80. The molecule has 0 spiro atoms. The highest BCUT2D eigenvalue weighted by atomic mass is 16.3. The second kappa shape index (κ2) is 2.01. The quantitative estimate of drug-likeness (QED) is 0.561. The first-order chi connectivity index (χ1) is 5.36. The Kier molecular flexibility index (Phi) is 1.18. The maximum absolute atomic E-state index is 9.72. The lowest BCUT2D eigenvalue weighted by molar-refractivity contribution is -0.120. The van der Waals surface area contributed by atoms with E-state index in [0.717, 1.165) is 24.2 Å². The number of hydrogen-bond donors (Lipinski definition) is 1. The van der Waals surface area contributed by atoms with Crippen LogP contribution in [0.5, 0.6) is 0 Å². The first-order valence-electron chi connectivity index (χ1n) is 5.04. The summed E-state index contributed by atoms with van der Waals surface area (Å²) in [5.41, 5.74) is 0. The van der Waals surface area contributed by atoms with Crippen LogP contribution < -0.4 is 0 Å². The van der Waals surface area contributed by atoms with Gasteiger partial charge in [0.25, 0.3) is 0 Å². The molecule has 1 heteroatoms. The molecule has 0 aliphatic heterocycles. The van der Waals surface area contributed by atoms with Gasteiger partial charge in [-0.3, -0.25) is 0 Å². The van der Waals surface area contributed by atoms with Gasteiger partial charge in [-0.2, -0.15) is 0 Å². The van der Waals surface area contributed by atoms with Crippen LogP contribution >= 0.6 is 0 Å². The third kappa shape index (κ3) is 0.703. The summed E-state index contributed by atoms with van der Waals surface area (Å²) in [5, 5.41) is 9.72. The molecule has 4 saturated carbocycles. The first-order valence-corrected chi connectivity index (χ1v) is 5.04. The van der Waals surface area contributed by atoms with Crippen molar-refractivity contribution >= 4 is 0 Å². The molecule has 2 bridgehead atoms. The molecular formula is C10H16O. The van der Waals surface area contributed by atoms with E-state index in [1.165, 1.54) is 25.7 Å². The molecule has 5 unspecified atom stereocenters. The topological polar surface area (TPSA) is 20.2 Å². The highest BCUT2D eigenvalue weighted by molar-refractivity contribution is 5.01. The number of rotatable bonds is 0. The van der Waals surface area contributed by atoms with Crippen LogP contribution in [-0.2, 0) is 0 Å². The van der Waals surface area contributed by atoms with Gasteiger partial charge in [0.05, 0.1) is 6.10 Å². The average Bonchev–Trinajstić information content (AvgIpc) is 1.89. The molecular weight excluding hydrogens is 136 g/mol. The Morgan fingerprint density at radius 3 is 2.00 bits per heavy atom. The van der Waals surface area contributed by atoms with Gasteiger partial charge in [-0.15, -0.1) is 0 Å². The fraction of sp³-hybridized carbons (Fsp3) is 1.00. The highest BCUT2D eigenvalue weighted by Gasteiger charge is 2.51. The van der Waals surface area contributed by atoms with Crippen LogP contribution in [0.25, 0.3) is 0 Å². The Balaban J connectivity index is 1.89. The summed E-state index contributed by atoms with van der Waals surface area (Å²) in [7, 11) is 0. The molecule has 0 amide bonds. The SMILES string of the molecule is OC1CC2CCC1C1CCC21. The van der Waals surface area contributed by atoms with Crippen LogP contribution in [0.3, 0.4) is 0 Å². The molecule has 0 radical (unpaired) electrons. The molecule has 1 N–H and O–H groups in total. The van der Waals surface area contributed by atoms with Crippen molar-refractivity contribution in [3.8, 4) is 0 Å². The molecule has 1 nitrogen and oxygen atoms in total. The fourth-order valence-corrected chi connectivity index (χ4v) is 3.76. The van der Waals surface area contributed by atoms with E-state index >= 15 is 0 Å². The summed E-state index contributed by atoms with van der Waals surface area (Å²) in [6, 6.07) is 0. The maximum atomic E-state index is 9.72. The van der Waals surface area contributed by atoms with Crippen LogP contribution in [0.4, 0.5) is 0 Å². The van der Waals surface area contributed by atoms with Crippen molar-refractivity contribution in [2.75, 3.05) is 0 Å². The van der Waals surface area contributed by atoms with Crippen molar-refractivity contribution < 1.29 is 5.11 Å². The van der Waals surface area contributed by atoms with Crippen molar-refractivity contribution in [1.29, 1.82) is 0 Å². The van der Waals surface area contributed by atoms with Gasteiger partial charge in [-0.05, 0) is 55.8 Å². The van der Waals surface area contributed by atoms with Crippen molar-refractivity contribution in [1.82, 2.24) is 0 Å². The number of hydrogen-bond acceptors (Lipinski definition) is 1. The third-order valence-corrected chi connectivity index (χ3v) is 4.45. The summed E-state index contributed by atoms with van der Waals surface area (Å²) in [6.45, 7) is 0. The van der Waals surface area contributed by atoms with E-state index in [-0.39, 0.29) is 6.10 Å². The van der Waals surface area contributed by atoms with Gasteiger partial charge < -0.3 is 5.11 Å². The molecule has 4 fully saturated rings. The summed E-state index contributed by atoms with van der Waals surface area (Å²) >= 11 is 0. The number of fused-ring (bicyclic) bond motifs is 2. The van der Waals surface area contributed by atoms with E-state index in [2.05, 4.69) is 0 Å². The summed E-state index contributed by atoms with van der Waals surface area (Å²) in [4.78, 5) is 0. The standard InChI is InChI=1S/C10H16O/c11-10-5-6-1-2-9(10)8-4-3-7(6)8/h6-11H,1-5H2. The first kappa shape index (κ1) is 6.47. The lowest BCUT2D eigenvalue weighted by atomic mass is 9.49. The molecule has 5 atom stereocenters. The van der Waals surface area contributed by atoms with Gasteiger partial charge in [0.2, 0.25) is 0 Å². The van der Waals surface area contributed by atoms with Gasteiger partial charge in [-0.25, -0.2) is 0 Å². The monoisotopic (exact) mass is 152 g/mol. The molecule has 0 heterocycles. The second-order valence-electron chi connectivity index (χ2n) is 4.71. The highest BCUT2D eigenvalue weighted by Crippen LogP contribution is 2.57. The Hall–Kier alpha value is -0.0400. The fourth-order valence-electron chi connectivity index (χ4n) is 3.76. The Labute approximate surface area is 67.8 Å². The number of aliphatic hydroxyl groups is 1. The van der Waals surface area contributed by atoms with Gasteiger partial charge in [0.15, 0.2) is 0 Å². The number of aliphatic hydroxyl groups excluding tert-OH is 1. The minimum absolute atomic E-state index is 0.0790. The van der Waals surface area contributed by atoms with Gasteiger partial charge in [0, 0.05) is 0 Å². The van der Waals surface area contributed by atoms with E-state index in [9.17, 15) is 5.11 Å². The molecule has 4 rings (SSSR count). The normalized spacial score (nSPS) is 60.3. The van der Waals surface area contributed by atoms with Gasteiger partial charge in [0.1, 0.15) is 0 Å². The smallest absolute Gasteiger partial charge is 0.0573 e. The van der Waals surface area contributed by atoms with Crippen LogP contribution in [0.1, 0.15) is 32.1 Å². The zero-order chi connectivity index (χ0) is 7.42. The van der Waals surface area contributed by atoms with E-state index in [0.29, 0.717) is 5.92 Å². The second-order valence-corrected chi connectivity index (χ2v) is 4.71. The zero-order valence-electron chi connectivity index (χ0n) is 6.87. The van der Waals surface area contributed by atoms with Gasteiger partial charge in [-0.1, -0.05) is 0 Å². The molecule has 0 saturated heterocycles. The minimum atomic E-state index is 0.0790. The van der Waals surface area contributed by atoms with Crippen molar-refractivity contribution in [3.05, 3.63) is 0 Å². The minimum Gasteiger partial charge on any atom is -0.393 e. The maximum Gasteiger partial charge on any atom is 0.0573 e. The molecule has 4 aliphatic carbocycles. The third-order valence-electron chi connectivity index (χ3n) is 4.45. The van der Waals surface area contributed by atoms with E-state index in [4.69, 9.17) is 0 Å². The average molecular weight is 152 g/mol. The Morgan fingerprint density at radius 2 is 1.55 bits per heavy atom. The predicted molar refractivity (Wildman–Crippen MR) is 43.1 cm³/mol. The van der Waals surface area contributed by atoms with E-state index in [1.807, 2.05) is 0 Å². The molecule has 0 aromatic carbocycles. The molecule has 11 heavy (non-hydrogen) atoms. The van der Waals surface area contributed by atoms with Crippen molar-refractivity contribution in [2.45, 2.75) is 38.2 Å². The Bertz CT molecular complexity index is 176. The van der Waals surface area contributed by atoms with Crippen molar-refractivity contribution in [3.63, 3.8) is 0 Å². The lowest BCUT2D eigenvalue weighted by Crippen LogP contribution is -2.52. The lowest BCUT2D eigenvalue weighted by Gasteiger charge is -2.57. The molecule has 0 aromatic heterocycles. The summed E-state index contributed by atoms with van der Waals surface area (Å²) in [5.74, 6) is 3.60.